The van der Waals surface area contributed by atoms with Crippen molar-refractivity contribution in [1.29, 1.82) is 0 Å². The summed E-state index contributed by atoms with van der Waals surface area (Å²) in [5.41, 5.74) is 1.44. The standard InChI is InChI=1S/C18H27Cl2N/c1-13(2)11-21-12-18(8-6-14(3)7-9-18)16-5-4-15(19)10-17(16)20/h4-5,10,13-14,21H,6-9,11-12H2,1-3H3. The first-order valence-electron chi connectivity index (χ1n) is 8.09. The Bertz CT molecular complexity index is 462. The molecule has 0 atom stereocenters. The van der Waals surface area contributed by atoms with Crippen LogP contribution in [-0.2, 0) is 5.41 Å². The lowest BCUT2D eigenvalue weighted by atomic mass is 9.67. The van der Waals surface area contributed by atoms with Crippen molar-refractivity contribution in [1.82, 2.24) is 5.32 Å². The maximum absolute atomic E-state index is 6.52. The van der Waals surface area contributed by atoms with Crippen molar-refractivity contribution in [3.63, 3.8) is 0 Å². The monoisotopic (exact) mass is 327 g/mol. The van der Waals surface area contributed by atoms with Crippen LogP contribution in [0.25, 0.3) is 0 Å². The fourth-order valence-corrected chi connectivity index (χ4v) is 3.98. The maximum Gasteiger partial charge on any atom is 0.0458 e. The Morgan fingerprint density at radius 1 is 1.24 bits per heavy atom. The van der Waals surface area contributed by atoms with Crippen molar-refractivity contribution >= 4 is 23.2 Å². The molecule has 1 aromatic rings. The first kappa shape index (κ1) is 17.1. The van der Waals surface area contributed by atoms with Gasteiger partial charge in [0, 0.05) is 22.0 Å². The zero-order valence-corrected chi connectivity index (χ0v) is 14.9. The quantitative estimate of drug-likeness (QED) is 0.732. The number of rotatable bonds is 5. The van der Waals surface area contributed by atoms with Crippen LogP contribution in [0, 0.1) is 11.8 Å². The number of hydrogen-bond donors (Lipinski definition) is 1. The summed E-state index contributed by atoms with van der Waals surface area (Å²) >= 11 is 12.6. The van der Waals surface area contributed by atoms with E-state index in [9.17, 15) is 0 Å². The highest BCUT2D eigenvalue weighted by atomic mass is 35.5. The molecule has 1 fully saturated rings. The molecule has 1 aliphatic carbocycles. The Morgan fingerprint density at radius 3 is 2.48 bits per heavy atom. The van der Waals surface area contributed by atoms with Crippen molar-refractivity contribution in [3.8, 4) is 0 Å². The lowest BCUT2D eigenvalue weighted by Gasteiger charge is -2.41. The van der Waals surface area contributed by atoms with E-state index in [1.165, 1.54) is 31.2 Å². The van der Waals surface area contributed by atoms with E-state index in [1.54, 1.807) is 0 Å². The van der Waals surface area contributed by atoms with Gasteiger partial charge in [-0.2, -0.15) is 0 Å². The minimum absolute atomic E-state index is 0.170. The molecule has 0 heterocycles. The Balaban J connectivity index is 2.22. The number of halogens is 2. The van der Waals surface area contributed by atoms with Gasteiger partial charge in [-0.15, -0.1) is 0 Å². The molecule has 1 saturated carbocycles. The summed E-state index contributed by atoms with van der Waals surface area (Å²) in [5, 5.41) is 5.20. The Labute approximate surface area is 139 Å². The molecule has 118 valence electrons. The Morgan fingerprint density at radius 2 is 1.90 bits per heavy atom. The summed E-state index contributed by atoms with van der Waals surface area (Å²) in [5.74, 6) is 1.50. The molecule has 0 aliphatic heterocycles. The van der Waals surface area contributed by atoms with E-state index in [4.69, 9.17) is 23.2 Å². The van der Waals surface area contributed by atoms with Crippen LogP contribution >= 0.6 is 23.2 Å². The van der Waals surface area contributed by atoms with Crippen LogP contribution in [0.2, 0.25) is 10.0 Å². The lowest BCUT2D eigenvalue weighted by Crippen LogP contribution is -2.42. The molecule has 0 spiro atoms. The van der Waals surface area contributed by atoms with E-state index >= 15 is 0 Å². The smallest absolute Gasteiger partial charge is 0.0458 e. The minimum Gasteiger partial charge on any atom is -0.316 e. The molecule has 1 nitrogen and oxygen atoms in total. The van der Waals surface area contributed by atoms with Gasteiger partial charge in [0.1, 0.15) is 0 Å². The molecular formula is C18H27Cl2N. The van der Waals surface area contributed by atoms with Crippen LogP contribution in [0.3, 0.4) is 0 Å². The molecule has 2 rings (SSSR count). The highest BCUT2D eigenvalue weighted by molar-refractivity contribution is 6.35. The normalized spacial score (nSPS) is 26.3. The third kappa shape index (κ3) is 4.37. The van der Waals surface area contributed by atoms with Gasteiger partial charge in [0.25, 0.3) is 0 Å². The average Bonchev–Trinajstić information content (AvgIpc) is 2.41. The number of nitrogens with one attached hydrogen (secondary N) is 1. The van der Waals surface area contributed by atoms with Gasteiger partial charge in [-0.3, -0.25) is 0 Å². The van der Waals surface area contributed by atoms with Gasteiger partial charge < -0.3 is 5.32 Å². The predicted molar refractivity (Wildman–Crippen MR) is 93.5 cm³/mol. The average molecular weight is 328 g/mol. The topological polar surface area (TPSA) is 12.0 Å². The van der Waals surface area contributed by atoms with Gasteiger partial charge in [0.05, 0.1) is 0 Å². The third-order valence-corrected chi connectivity index (χ3v) is 5.30. The van der Waals surface area contributed by atoms with Gasteiger partial charge in [-0.25, -0.2) is 0 Å². The van der Waals surface area contributed by atoms with E-state index in [0.29, 0.717) is 5.92 Å². The molecule has 21 heavy (non-hydrogen) atoms. The largest absolute Gasteiger partial charge is 0.316 e. The molecule has 0 saturated heterocycles. The summed E-state index contributed by atoms with van der Waals surface area (Å²) in [6.07, 6.45) is 4.98. The summed E-state index contributed by atoms with van der Waals surface area (Å²) < 4.78 is 0. The molecule has 0 bridgehead atoms. The second-order valence-electron chi connectivity index (χ2n) is 7.11. The lowest BCUT2D eigenvalue weighted by molar-refractivity contribution is 0.231. The molecular weight excluding hydrogens is 301 g/mol. The van der Waals surface area contributed by atoms with E-state index in [1.807, 2.05) is 12.1 Å². The zero-order valence-electron chi connectivity index (χ0n) is 13.4. The molecule has 0 aromatic heterocycles. The second-order valence-corrected chi connectivity index (χ2v) is 7.96. The summed E-state index contributed by atoms with van der Waals surface area (Å²) in [4.78, 5) is 0. The predicted octanol–water partition coefficient (Wildman–Crippen LogP) is 5.69. The van der Waals surface area contributed by atoms with E-state index in [2.05, 4.69) is 32.2 Å². The van der Waals surface area contributed by atoms with Crippen molar-refractivity contribution in [2.24, 2.45) is 11.8 Å². The molecule has 0 unspecified atom stereocenters. The van der Waals surface area contributed by atoms with Gasteiger partial charge in [-0.1, -0.05) is 50.0 Å². The van der Waals surface area contributed by atoms with E-state index < -0.39 is 0 Å². The highest BCUT2D eigenvalue weighted by Crippen LogP contribution is 2.44. The molecule has 1 aliphatic rings. The summed E-state index contributed by atoms with van der Waals surface area (Å²) in [6, 6.07) is 6.00. The fraction of sp³-hybridized carbons (Fsp3) is 0.667. The Hall–Kier alpha value is -0.240. The highest BCUT2D eigenvalue weighted by Gasteiger charge is 2.37. The van der Waals surface area contributed by atoms with Crippen LogP contribution in [0.4, 0.5) is 0 Å². The van der Waals surface area contributed by atoms with Crippen molar-refractivity contribution < 1.29 is 0 Å². The molecule has 1 aromatic carbocycles. The van der Waals surface area contributed by atoms with Crippen LogP contribution in [0.15, 0.2) is 18.2 Å². The van der Waals surface area contributed by atoms with Gasteiger partial charge in [0.2, 0.25) is 0 Å². The van der Waals surface area contributed by atoms with Gasteiger partial charge in [-0.05, 0) is 61.8 Å². The summed E-state index contributed by atoms with van der Waals surface area (Å²) in [7, 11) is 0. The minimum atomic E-state index is 0.170. The number of benzene rings is 1. The van der Waals surface area contributed by atoms with E-state index in [0.717, 1.165) is 29.1 Å². The van der Waals surface area contributed by atoms with Crippen LogP contribution in [0.1, 0.15) is 52.0 Å². The fourth-order valence-electron chi connectivity index (χ4n) is 3.38. The first-order valence-corrected chi connectivity index (χ1v) is 8.85. The summed E-state index contributed by atoms with van der Waals surface area (Å²) in [6.45, 7) is 8.92. The van der Waals surface area contributed by atoms with Crippen molar-refractivity contribution in [3.05, 3.63) is 33.8 Å². The van der Waals surface area contributed by atoms with Crippen LogP contribution < -0.4 is 5.32 Å². The van der Waals surface area contributed by atoms with E-state index in [-0.39, 0.29) is 5.41 Å². The zero-order chi connectivity index (χ0) is 15.5. The Kier molecular flexibility index (Phi) is 5.99. The molecule has 1 N–H and O–H groups in total. The second kappa shape index (κ2) is 7.35. The maximum atomic E-state index is 6.52. The van der Waals surface area contributed by atoms with Crippen molar-refractivity contribution in [2.45, 2.75) is 51.9 Å². The number of hydrogen-bond acceptors (Lipinski definition) is 1. The molecule has 0 amide bonds. The van der Waals surface area contributed by atoms with Crippen molar-refractivity contribution in [2.75, 3.05) is 13.1 Å². The first-order chi connectivity index (χ1) is 9.93. The molecule has 3 heteroatoms. The third-order valence-electron chi connectivity index (χ3n) is 4.75. The molecule has 0 radical (unpaired) electrons. The van der Waals surface area contributed by atoms with Crippen LogP contribution in [-0.4, -0.2) is 13.1 Å². The van der Waals surface area contributed by atoms with Gasteiger partial charge in [0.15, 0.2) is 0 Å². The van der Waals surface area contributed by atoms with Crippen LogP contribution in [0.5, 0.6) is 0 Å². The SMILES string of the molecule is CC(C)CNCC1(c2ccc(Cl)cc2Cl)CCC(C)CC1. The van der Waals surface area contributed by atoms with Gasteiger partial charge >= 0.3 is 0 Å².